The Kier molecular flexibility index (Phi) is 1.68. The molecule has 9 heavy (non-hydrogen) atoms. The molecular formula is C7H10N2. The van der Waals surface area contributed by atoms with Crippen LogP contribution in [0.2, 0.25) is 0 Å². The maximum absolute atomic E-state index is 4.08. The Morgan fingerprint density at radius 3 is 3.11 bits per heavy atom. The summed E-state index contributed by atoms with van der Waals surface area (Å²) in [5.74, 6) is 0. The zero-order chi connectivity index (χ0) is 6.69. The lowest BCUT2D eigenvalue weighted by molar-refractivity contribution is 1.12. The largest absolute Gasteiger partial charge is 0.348 e. The number of nitrogens with zero attached hydrogens (tertiary/aromatic N) is 1. The topological polar surface area (TPSA) is 28.7 Å². The predicted molar refractivity (Wildman–Crippen MR) is 37.2 cm³/mol. The third kappa shape index (κ3) is 1.19. The molecular weight excluding hydrogens is 112 g/mol. The van der Waals surface area contributed by atoms with Crippen molar-refractivity contribution < 1.29 is 0 Å². The molecule has 1 aromatic rings. The van der Waals surface area contributed by atoms with Gasteiger partial charge in [-0.05, 0) is 6.92 Å². The lowest BCUT2D eigenvalue weighted by Gasteiger charge is -1.87. The van der Waals surface area contributed by atoms with Gasteiger partial charge in [0.2, 0.25) is 0 Å². The maximum atomic E-state index is 4.08. The molecule has 0 radical (unpaired) electrons. The third-order valence-corrected chi connectivity index (χ3v) is 1.27. The molecule has 0 saturated heterocycles. The number of aromatic amines is 1. The molecule has 2 heteroatoms. The number of nitrogens with one attached hydrogen (secondary N) is 1. The Labute approximate surface area is 54.6 Å². The monoisotopic (exact) mass is 122 g/mol. The molecule has 1 rings (SSSR count). The van der Waals surface area contributed by atoms with Gasteiger partial charge in [-0.25, -0.2) is 4.98 Å². The number of H-pyrrole nitrogens is 1. The summed E-state index contributed by atoms with van der Waals surface area (Å²) in [6, 6.07) is 0. The van der Waals surface area contributed by atoms with Gasteiger partial charge in [0.25, 0.3) is 0 Å². The van der Waals surface area contributed by atoms with Crippen molar-refractivity contribution in [1.82, 2.24) is 9.97 Å². The van der Waals surface area contributed by atoms with Crippen molar-refractivity contribution in [2.75, 3.05) is 0 Å². The normalized spacial score (nSPS) is 9.44. The summed E-state index contributed by atoms with van der Waals surface area (Å²) in [5, 5.41) is 0. The first-order valence-electron chi connectivity index (χ1n) is 2.94. The molecule has 0 bridgehead atoms. The first kappa shape index (κ1) is 6.08. The maximum Gasteiger partial charge on any atom is 0.0925 e. The van der Waals surface area contributed by atoms with Gasteiger partial charge in [0.05, 0.1) is 12.0 Å². The lowest BCUT2D eigenvalue weighted by atomic mass is 10.3. The lowest BCUT2D eigenvalue weighted by Crippen LogP contribution is -1.82. The average molecular weight is 122 g/mol. The standard InChI is InChI=1S/C7H10N2/c1-3-4-7-6(2)8-5-9-7/h3,5H,1,4H2,2H3,(H,8,9). The van der Waals surface area contributed by atoms with Crippen LogP contribution in [0.1, 0.15) is 11.4 Å². The van der Waals surface area contributed by atoms with Gasteiger partial charge < -0.3 is 4.98 Å². The van der Waals surface area contributed by atoms with Crippen molar-refractivity contribution >= 4 is 0 Å². The first-order chi connectivity index (χ1) is 4.34. The minimum absolute atomic E-state index is 0.856. The van der Waals surface area contributed by atoms with Crippen LogP contribution in [0.5, 0.6) is 0 Å². The summed E-state index contributed by atoms with van der Waals surface area (Å²) in [7, 11) is 0. The van der Waals surface area contributed by atoms with E-state index in [0.29, 0.717) is 0 Å². The molecule has 0 aliphatic heterocycles. The van der Waals surface area contributed by atoms with E-state index in [-0.39, 0.29) is 0 Å². The Hall–Kier alpha value is -1.05. The number of hydrogen-bond acceptors (Lipinski definition) is 1. The summed E-state index contributed by atoms with van der Waals surface area (Å²) in [6.07, 6.45) is 4.41. The highest BCUT2D eigenvalue weighted by atomic mass is 14.9. The molecule has 0 saturated carbocycles. The molecule has 1 aromatic heterocycles. The molecule has 0 aromatic carbocycles. The van der Waals surface area contributed by atoms with Gasteiger partial charge in [0.15, 0.2) is 0 Å². The van der Waals surface area contributed by atoms with E-state index >= 15 is 0 Å². The zero-order valence-corrected chi connectivity index (χ0v) is 5.52. The van der Waals surface area contributed by atoms with Crippen molar-refractivity contribution in [2.45, 2.75) is 13.3 Å². The molecule has 0 spiro atoms. The third-order valence-electron chi connectivity index (χ3n) is 1.27. The van der Waals surface area contributed by atoms with Crippen LogP contribution in [0.15, 0.2) is 19.0 Å². The van der Waals surface area contributed by atoms with Gasteiger partial charge in [0.1, 0.15) is 0 Å². The van der Waals surface area contributed by atoms with Gasteiger partial charge in [-0.3, -0.25) is 0 Å². The van der Waals surface area contributed by atoms with Crippen molar-refractivity contribution in [1.29, 1.82) is 0 Å². The van der Waals surface area contributed by atoms with Crippen LogP contribution in [0.25, 0.3) is 0 Å². The van der Waals surface area contributed by atoms with Crippen LogP contribution in [0.3, 0.4) is 0 Å². The fraction of sp³-hybridized carbons (Fsp3) is 0.286. The van der Waals surface area contributed by atoms with Crippen LogP contribution < -0.4 is 0 Å². The van der Waals surface area contributed by atoms with E-state index in [0.717, 1.165) is 17.8 Å². The van der Waals surface area contributed by atoms with Crippen molar-refractivity contribution in [2.24, 2.45) is 0 Å². The Bertz CT molecular complexity index is 200. The van der Waals surface area contributed by atoms with E-state index in [4.69, 9.17) is 0 Å². The van der Waals surface area contributed by atoms with Gasteiger partial charge in [0, 0.05) is 12.1 Å². The average Bonchev–Trinajstić information content (AvgIpc) is 2.18. The highest BCUT2D eigenvalue weighted by Crippen LogP contribution is 2.00. The minimum Gasteiger partial charge on any atom is -0.348 e. The second-order valence-electron chi connectivity index (χ2n) is 1.97. The minimum atomic E-state index is 0.856. The number of rotatable bonds is 2. The van der Waals surface area contributed by atoms with Crippen LogP contribution in [-0.2, 0) is 6.42 Å². The summed E-state index contributed by atoms with van der Waals surface area (Å²) >= 11 is 0. The number of hydrogen-bond donors (Lipinski definition) is 1. The number of aromatic nitrogens is 2. The quantitative estimate of drug-likeness (QED) is 0.591. The van der Waals surface area contributed by atoms with Gasteiger partial charge in [-0.1, -0.05) is 6.08 Å². The van der Waals surface area contributed by atoms with Crippen LogP contribution in [0.4, 0.5) is 0 Å². The van der Waals surface area contributed by atoms with E-state index in [9.17, 15) is 0 Å². The summed E-state index contributed by atoms with van der Waals surface area (Å²) in [4.78, 5) is 7.07. The van der Waals surface area contributed by atoms with Crippen molar-refractivity contribution in [3.8, 4) is 0 Å². The fourth-order valence-corrected chi connectivity index (χ4v) is 0.730. The molecule has 48 valence electrons. The molecule has 0 unspecified atom stereocenters. The highest BCUT2D eigenvalue weighted by Gasteiger charge is 1.94. The summed E-state index contributed by atoms with van der Waals surface area (Å²) in [6.45, 7) is 5.63. The van der Waals surface area contributed by atoms with Crippen molar-refractivity contribution in [3.05, 3.63) is 30.4 Å². The Balaban J connectivity index is 2.80. The van der Waals surface area contributed by atoms with E-state index in [2.05, 4.69) is 16.5 Å². The second kappa shape index (κ2) is 2.49. The molecule has 0 amide bonds. The first-order valence-corrected chi connectivity index (χ1v) is 2.94. The van der Waals surface area contributed by atoms with Gasteiger partial charge >= 0.3 is 0 Å². The van der Waals surface area contributed by atoms with Crippen LogP contribution >= 0.6 is 0 Å². The summed E-state index contributed by atoms with van der Waals surface area (Å²) in [5.41, 5.74) is 2.22. The highest BCUT2D eigenvalue weighted by molar-refractivity contribution is 5.11. The van der Waals surface area contributed by atoms with E-state index in [1.54, 1.807) is 6.33 Å². The number of aryl methyl sites for hydroxylation is 1. The second-order valence-corrected chi connectivity index (χ2v) is 1.97. The molecule has 0 aliphatic carbocycles. The smallest absolute Gasteiger partial charge is 0.0925 e. The molecule has 0 fully saturated rings. The molecule has 0 aliphatic rings. The Morgan fingerprint density at radius 2 is 2.67 bits per heavy atom. The molecule has 0 atom stereocenters. The SMILES string of the molecule is C=CCc1nc[nH]c1C. The number of imidazole rings is 1. The predicted octanol–water partition coefficient (Wildman–Crippen LogP) is 1.45. The van der Waals surface area contributed by atoms with E-state index in [1.807, 2.05) is 13.0 Å². The van der Waals surface area contributed by atoms with E-state index < -0.39 is 0 Å². The Morgan fingerprint density at radius 1 is 1.89 bits per heavy atom. The fourth-order valence-electron chi connectivity index (χ4n) is 0.730. The van der Waals surface area contributed by atoms with Gasteiger partial charge in [-0.15, -0.1) is 6.58 Å². The zero-order valence-electron chi connectivity index (χ0n) is 5.52. The number of allylic oxidation sites excluding steroid dienone is 1. The van der Waals surface area contributed by atoms with Crippen LogP contribution in [0, 0.1) is 6.92 Å². The van der Waals surface area contributed by atoms with E-state index in [1.165, 1.54) is 0 Å². The molecule has 1 N–H and O–H groups in total. The van der Waals surface area contributed by atoms with Crippen LogP contribution in [-0.4, -0.2) is 9.97 Å². The molecule has 1 heterocycles. The molecule has 2 nitrogen and oxygen atoms in total. The summed E-state index contributed by atoms with van der Waals surface area (Å²) < 4.78 is 0. The van der Waals surface area contributed by atoms with Crippen molar-refractivity contribution in [3.63, 3.8) is 0 Å². The van der Waals surface area contributed by atoms with Gasteiger partial charge in [-0.2, -0.15) is 0 Å².